The van der Waals surface area contributed by atoms with E-state index in [1.54, 1.807) is 24.3 Å². The predicted molar refractivity (Wildman–Crippen MR) is 115 cm³/mol. The number of carbonyl (C=O) groups is 1. The van der Waals surface area contributed by atoms with E-state index in [1.165, 1.54) is 30.8 Å². The highest BCUT2D eigenvalue weighted by atomic mass is 32.2. The summed E-state index contributed by atoms with van der Waals surface area (Å²) in [5, 5.41) is 2.67. The van der Waals surface area contributed by atoms with Crippen LogP contribution < -0.4 is 19.5 Å². The van der Waals surface area contributed by atoms with Crippen LogP contribution in [0, 0.1) is 0 Å². The Morgan fingerprint density at radius 1 is 1.03 bits per heavy atom. The molecule has 0 spiro atoms. The normalized spacial score (nSPS) is 11.2. The monoisotopic (exact) mass is 438 g/mol. The summed E-state index contributed by atoms with van der Waals surface area (Å²) in [5.41, 5.74) is 1.20. The average molecular weight is 439 g/mol. The van der Waals surface area contributed by atoms with Crippen molar-refractivity contribution in [2.75, 3.05) is 24.8 Å². The maximum atomic E-state index is 12.7. The summed E-state index contributed by atoms with van der Waals surface area (Å²) >= 11 is 1.42. The number of thioether (sulfide) groups is 1. The molecule has 0 fully saturated rings. The van der Waals surface area contributed by atoms with Crippen LogP contribution in [0.5, 0.6) is 11.5 Å². The molecule has 0 aliphatic heterocycles. The predicted octanol–water partition coefficient (Wildman–Crippen LogP) is 3.64. The first-order chi connectivity index (χ1) is 13.8. The van der Waals surface area contributed by atoms with Crippen molar-refractivity contribution in [1.29, 1.82) is 0 Å². The van der Waals surface area contributed by atoms with Crippen LogP contribution in [0.3, 0.4) is 0 Å². The van der Waals surface area contributed by atoms with E-state index in [9.17, 15) is 13.2 Å². The van der Waals surface area contributed by atoms with Crippen LogP contribution in [0.25, 0.3) is 0 Å². The molecule has 0 saturated carbocycles. The Balaban J connectivity index is 2.21. The van der Waals surface area contributed by atoms with Gasteiger partial charge in [0.2, 0.25) is 15.9 Å². The molecule has 0 atom stereocenters. The van der Waals surface area contributed by atoms with E-state index in [0.29, 0.717) is 30.4 Å². The van der Waals surface area contributed by atoms with Crippen LogP contribution in [-0.4, -0.2) is 33.8 Å². The molecular weight excluding hydrogens is 412 g/mol. The number of rotatable bonds is 10. The first-order valence-electron chi connectivity index (χ1n) is 9.14. The van der Waals surface area contributed by atoms with Crippen molar-refractivity contribution in [3.05, 3.63) is 42.0 Å². The van der Waals surface area contributed by atoms with Crippen molar-refractivity contribution in [3.63, 3.8) is 0 Å². The number of nitrogens with one attached hydrogen (secondary N) is 2. The van der Waals surface area contributed by atoms with Crippen LogP contribution in [0.2, 0.25) is 0 Å². The summed E-state index contributed by atoms with van der Waals surface area (Å²) in [6.07, 6.45) is 1.86. The van der Waals surface area contributed by atoms with Crippen molar-refractivity contribution < 1.29 is 22.7 Å². The Kier molecular flexibility index (Phi) is 8.36. The molecule has 2 aromatic carbocycles. The van der Waals surface area contributed by atoms with E-state index < -0.39 is 10.0 Å². The molecule has 7 nitrogen and oxygen atoms in total. The Bertz CT molecular complexity index is 961. The third-order valence-electron chi connectivity index (χ3n) is 3.87. The molecule has 2 rings (SSSR count). The van der Waals surface area contributed by atoms with Gasteiger partial charge in [0.25, 0.3) is 0 Å². The highest BCUT2D eigenvalue weighted by Gasteiger charge is 2.17. The minimum Gasteiger partial charge on any atom is -0.490 e. The first kappa shape index (κ1) is 23.1. The number of sulfonamides is 1. The van der Waals surface area contributed by atoms with Crippen LogP contribution in [-0.2, 0) is 21.4 Å². The maximum Gasteiger partial charge on any atom is 0.240 e. The molecule has 0 heterocycles. The highest BCUT2D eigenvalue weighted by Crippen LogP contribution is 2.30. The lowest BCUT2D eigenvalue weighted by Crippen LogP contribution is -2.23. The fourth-order valence-electron chi connectivity index (χ4n) is 2.61. The van der Waals surface area contributed by atoms with E-state index in [2.05, 4.69) is 10.0 Å². The van der Waals surface area contributed by atoms with Gasteiger partial charge in [-0.05, 0) is 56.0 Å². The van der Waals surface area contributed by atoms with Crippen molar-refractivity contribution in [2.45, 2.75) is 37.1 Å². The van der Waals surface area contributed by atoms with Gasteiger partial charge in [-0.1, -0.05) is 6.07 Å². The molecule has 0 aromatic heterocycles. The molecule has 1 amide bonds. The average Bonchev–Trinajstić information content (AvgIpc) is 2.68. The van der Waals surface area contributed by atoms with Gasteiger partial charge in [0.15, 0.2) is 11.5 Å². The van der Waals surface area contributed by atoms with Crippen molar-refractivity contribution in [1.82, 2.24) is 4.72 Å². The Hall–Kier alpha value is -2.23. The second-order valence-electron chi connectivity index (χ2n) is 6.01. The molecular formula is C20H26N2O5S2. The molecule has 0 radical (unpaired) electrons. The van der Waals surface area contributed by atoms with Crippen LogP contribution in [0.4, 0.5) is 5.69 Å². The Morgan fingerprint density at radius 3 is 2.34 bits per heavy atom. The van der Waals surface area contributed by atoms with Gasteiger partial charge < -0.3 is 14.8 Å². The smallest absolute Gasteiger partial charge is 0.240 e. The van der Waals surface area contributed by atoms with Gasteiger partial charge in [0, 0.05) is 18.4 Å². The second kappa shape index (κ2) is 10.5. The van der Waals surface area contributed by atoms with E-state index in [4.69, 9.17) is 9.47 Å². The second-order valence-corrected chi connectivity index (χ2v) is 8.63. The fraction of sp³-hybridized carbons (Fsp3) is 0.350. The molecule has 0 bridgehead atoms. The molecule has 2 N–H and O–H groups in total. The zero-order valence-electron chi connectivity index (χ0n) is 16.9. The lowest BCUT2D eigenvalue weighted by molar-refractivity contribution is -0.114. The molecule has 9 heteroatoms. The number of hydrogen-bond acceptors (Lipinski definition) is 6. The van der Waals surface area contributed by atoms with Crippen molar-refractivity contribution >= 4 is 33.4 Å². The summed E-state index contributed by atoms with van der Waals surface area (Å²) in [5.74, 6) is 0.928. The molecule has 158 valence electrons. The van der Waals surface area contributed by atoms with Gasteiger partial charge in [0.1, 0.15) is 0 Å². The topological polar surface area (TPSA) is 93.7 Å². The Morgan fingerprint density at radius 2 is 1.72 bits per heavy atom. The summed E-state index contributed by atoms with van der Waals surface area (Å²) in [6, 6.07) is 9.96. The number of amides is 1. The highest BCUT2D eigenvalue weighted by molar-refractivity contribution is 7.98. The number of benzene rings is 2. The SMILES string of the molecule is CCOc1ccc(CNS(=O)(=O)c2ccc(SC)c(NC(C)=O)c2)cc1OCC. The number of anilines is 1. The van der Waals surface area contributed by atoms with Crippen molar-refractivity contribution in [2.24, 2.45) is 0 Å². The number of carbonyl (C=O) groups excluding carboxylic acids is 1. The van der Waals surface area contributed by atoms with Gasteiger partial charge in [-0.25, -0.2) is 13.1 Å². The van der Waals surface area contributed by atoms with Crippen molar-refractivity contribution in [3.8, 4) is 11.5 Å². The molecule has 2 aromatic rings. The van der Waals surface area contributed by atoms with E-state index in [-0.39, 0.29) is 17.3 Å². The van der Waals surface area contributed by atoms with Gasteiger partial charge in [0.05, 0.1) is 23.8 Å². The number of hydrogen-bond donors (Lipinski definition) is 2. The third-order valence-corrected chi connectivity index (χ3v) is 6.06. The zero-order valence-corrected chi connectivity index (χ0v) is 18.6. The first-order valence-corrected chi connectivity index (χ1v) is 11.8. The van der Waals surface area contributed by atoms with Gasteiger partial charge in [-0.15, -0.1) is 11.8 Å². The fourth-order valence-corrected chi connectivity index (χ4v) is 4.19. The summed E-state index contributed by atoms with van der Waals surface area (Å²) in [6.45, 7) is 6.21. The minimum absolute atomic E-state index is 0.0787. The lowest BCUT2D eigenvalue weighted by Gasteiger charge is -2.14. The summed E-state index contributed by atoms with van der Waals surface area (Å²) < 4.78 is 39.2. The minimum atomic E-state index is -3.77. The largest absolute Gasteiger partial charge is 0.490 e. The molecule has 0 saturated heterocycles. The number of ether oxygens (including phenoxy) is 2. The zero-order chi connectivity index (χ0) is 21.4. The van der Waals surface area contributed by atoms with E-state index in [0.717, 1.165) is 10.5 Å². The molecule has 0 unspecified atom stereocenters. The van der Waals surface area contributed by atoms with E-state index >= 15 is 0 Å². The summed E-state index contributed by atoms with van der Waals surface area (Å²) in [7, 11) is -3.77. The van der Waals surface area contributed by atoms with Gasteiger partial charge in [-0.2, -0.15) is 0 Å². The van der Waals surface area contributed by atoms with E-state index in [1.807, 2.05) is 20.1 Å². The molecule has 0 aliphatic rings. The van der Waals surface area contributed by atoms with Crippen LogP contribution in [0.15, 0.2) is 46.2 Å². The standard InChI is InChI=1S/C20H26N2O5S2/c1-5-26-18-9-7-15(11-19(18)27-6-2)13-21-29(24,25)16-8-10-20(28-4)17(12-16)22-14(3)23/h7-12,21H,5-6,13H2,1-4H3,(H,22,23). The molecule has 29 heavy (non-hydrogen) atoms. The third kappa shape index (κ3) is 6.38. The van der Waals surface area contributed by atoms with Gasteiger partial charge in [-0.3, -0.25) is 4.79 Å². The Labute approximate surface area is 176 Å². The quantitative estimate of drug-likeness (QED) is 0.550. The maximum absolute atomic E-state index is 12.7. The van der Waals surface area contributed by atoms with Crippen LogP contribution in [0.1, 0.15) is 26.3 Å². The van der Waals surface area contributed by atoms with Crippen LogP contribution >= 0.6 is 11.8 Å². The summed E-state index contributed by atoms with van der Waals surface area (Å²) in [4.78, 5) is 12.3. The lowest BCUT2D eigenvalue weighted by atomic mass is 10.2. The molecule has 0 aliphatic carbocycles. The van der Waals surface area contributed by atoms with Gasteiger partial charge >= 0.3 is 0 Å².